The number of hydrogen-bond acceptors (Lipinski definition) is 2. The number of carbonyl (C=O) groups is 1. The number of nitrogens with zero attached hydrogens (tertiary/aromatic N) is 1. The first-order chi connectivity index (χ1) is 13.2. The summed E-state index contributed by atoms with van der Waals surface area (Å²) in [7, 11) is 0. The molecule has 0 aromatic rings. The Morgan fingerprint density at radius 1 is 0.926 bits per heavy atom. The number of unbranched alkanes of at least 4 members (excludes halogenated alkanes) is 12. The minimum absolute atomic E-state index is 0.261. The van der Waals surface area contributed by atoms with Crippen molar-refractivity contribution in [2.75, 3.05) is 6.54 Å². The summed E-state index contributed by atoms with van der Waals surface area (Å²) in [5.74, 6) is 1.35. The quantitative estimate of drug-likeness (QED) is 0.354. The topological polar surface area (TPSA) is 32.3 Å². The van der Waals surface area contributed by atoms with Crippen LogP contribution in [0, 0.1) is 0 Å². The van der Waals surface area contributed by atoms with Gasteiger partial charge in [0.15, 0.2) is 0 Å². The molecular weight excluding hydrogens is 332 g/mol. The molecule has 2 rings (SSSR count). The van der Waals surface area contributed by atoms with E-state index in [1.807, 2.05) is 4.90 Å². The molecule has 3 heteroatoms. The van der Waals surface area contributed by atoms with Crippen molar-refractivity contribution in [3.8, 4) is 0 Å². The van der Waals surface area contributed by atoms with Crippen LogP contribution in [0.4, 0.5) is 0 Å². The number of amides is 1. The third-order valence-electron chi connectivity index (χ3n) is 5.90. The van der Waals surface area contributed by atoms with Gasteiger partial charge in [0.25, 0.3) is 0 Å². The fraction of sp³-hybridized carbons (Fsp3) is 0.792. The van der Waals surface area contributed by atoms with Crippen LogP contribution in [0.25, 0.3) is 0 Å². The maximum absolute atomic E-state index is 12.2. The average molecular weight is 375 g/mol. The molecule has 27 heavy (non-hydrogen) atoms. The van der Waals surface area contributed by atoms with Gasteiger partial charge in [0.1, 0.15) is 5.82 Å². The highest BCUT2D eigenvalue weighted by atomic mass is 16.2. The van der Waals surface area contributed by atoms with Crippen molar-refractivity contribution in [1.29, 1.82) is 0 Å². The van der Waals surface area contributed by atoms with E-state index in [1.54, 1.807) is 0 Å². The van der Waals surface area contributed by atoms with Crippen molar-refractivity contribution in [3.05, 3.63) is 23.5 Å². The van der Waals surface area contributed by atoms with Gasteiger partial charge in [-0.15, -0.1) is 0 Å². The Morgan fingerprint density at radius 2 is 1.48 bits per heavy atom. The highest BCUT2D eigenvalue weighted by molar-refractivity contribution is 5.80. The fourth-order valence-corrected chi connectivity index (χ4v) is 4.23. The van der Waals surface area contributed by atoms with Crippen molar-refractivity contribution in [3.63, 3.8) is 0 Å². The third-order valence-corrected chi connectivity index (χ3v) is 5.90. The van der Waals surface area contributed by atoms with Crippen LogP contribution in [-0.2, 0) is 4.79 Å². The van der Waals surface area contributed by atoms with E-state index < -0.39 is 0 Å². The van der Waals surface area contributed by atoms with E-state index in [0.29, 0.717) is 6.42 Å². The molecule has 0 aromatic carbocycles. The summed E-state index contributed by atoms with van der Waals surface area (Å²) in [6.45, 7) is 5.12. The molecular formula is C24H42N2O. The van der Waals surface area contributed by atoms with Gasteiger partial charge in [-0.1, -0.05) is 96.1 Å². The summed E-state index contributed by atoms with van der Waals surface area (Å²) in [5.41, 5.74) is 1.32. The molecule has 0 saturated carbocycles. The molecule has 1 unspecified atom stereocenters. The second-order valence-electron chi connectivity index (χ2n) is 8.52. The molecule has 3 nitrogen and oxygen atoms in total. The zero-order valence-corrected chi connectivity index (χ0v) is 17.9. The largest absolute Gasteiger partial charge is 0.368 e. The number of nitrogens with one attached hydrogen (secondary N) is 1. The van der Waals surface area contributed by atoms with E-state index in [9.17, 15) is 4.79 Å². The maximum atomic E-state index is 12.2. The number of carbonyl (C=O) groups excluding carboxylic acids is 1. The normalized spacial score (nSPS) is 19.4. The maximum Gasteiger partial charge on any atom is 0.230 e. The van der Waals surface area contributed by atoms with Crippen LogP contribution in [0.2, 0.25) is 0 Å². The van der Waals surface area contributed by atoms with Crippen LogP contribution in [0.15, 0.2) is 23.5 Å². The fourth-order valence-electron chi connectivity index (χ4n) is 4.23. The summed E-state index contributed by atoms with van der Waals surface area (Å²) in [6.07, 6.45) is 24.1. The molecule has 1 N–H and O–H groups in total. The lowest BCUT2D eigenvalue weighted by Crippen LogP contribution is -2.49. The smallest absolute Gasteiger partial charge is 0.230 e. The van der Waals surface area contributed by atoms with Crippen molar-refractivity contribution < 1.29 is 4.79 Å². The van der Waals surface area contributed by atoms with Crippen LogP contribution in [0.1, 0.15) is 110 Å². The lowest BCUT2D eigenvalue weighted by molar-refractivity contribution is -0.131. The predicted molar refractivity (Wildman–Crippen MR) is 115 cm³/mol. The number of rotatable bonds is 14. The molecule has 2 aliphatic rings. The van der Waals surface area contributed by atoms with Crippen LogP contribution < -0.4 is 5.32 Å². The molecule has 154 valence electrons. The molecule has 2 heterocycles. The van der Waals surface area contributed by atoms with Crippen molar-refractivity contribution in [1.82, 2.24) is 10.2 Å². The first-order valence-corrected chi connectivity index (χ1v) is 11.7. The van der Waals surface area contributed by atoms with Gasteiger partial charge in [0, 0.05) is 19.0 Å². The number of fused-ring (bicyclic) bond motifs is 1. The molecule has 1 fully saturated rings. The summed E-state index contributed by atoms with van der Waals surface area (Å²) in [4.78, 5) is 14.1. The number of allylic oxidation sites excluding steroid dienone is 2. The Labute approximate surface area is 167 Å². The Kier molecular flexibility index (Phi) is 10.6. The second-order valence-corrected chi connectivity index (χ2v) is 8.52. The molecule has 0 spiro atoms. The highest BCUT2D eigenvalue weighted by Crippen LogP contribution is 2.25. The molecule has 0 bridgehead atoms. The minimum Gasteiger partial charge on any atom is -0.368 e. The number of hydrogen-bond donors (Lipinski definition) is 1. The van der Waals surface area contributed by atoms with Crippen LogP contribution in [0.3, 0.4) is 0 Å². The van der Waals surface area contributed by atoms with Crippen LogP contribution in [0.5, 0.6) is 0 Å². The Morgan fingerprint density at radius 3 is 2.07 bits per heavy atom. The first kappa shape index (κ1) is 22.0. The Balaban J connectivity index is 1.50. The highest BCUT2D eigenvalue weighted by Gasteiger charge is 2.29. The lowest BCUT2D eigenvalue weighted by atomic mass is 10.00. The summed E-state index contributed by atoms with van der Waals surface area (Å²) >= 11 is 0. The Bertz CT molecular complexity index is 495. The molecule has 0 aromatic heterocycles. The van der Waals surface area contributed by atoms with Crippen molar-refractivity contribution >= 4 is 5.91 Å². The summed E-state index contributed by atoms with van der Waals surface area (Å²) < 4.78 is 0. The van der Waals surface area contributed by atoms with Gasteiger partial charge < -0.3 is 5.32 Å². The van der Waals surface area contributed by atoms with E-state index in [4.69, 9.17) is 0 Å². The SMILES string of the molecule is CCCCCCCCCCCCCCCC1=C2NC(C)CC(=O)N2CC=C1. The predicted octanol–water partition coefficient (Wildman–Crippen LogP) is 6.46. The standard InChI is InChI=1S/C24H42N2O/c1-3-4-5-6-7-8-9-10-11-12-13-14-15-17-22-18-16-19-26-23(27)20-21(2)25-24(22)26/h16,18,21,25H,3-15,17,19-20H2,1-2H3. The van der Waals surface area contributed by atoms with Gasteiger partial charge in [-0.05, 0) is 25.3 Å². The van der Waals surface area contributed by atoms with Crippen molar-refractivity contribution in [2.24, 2.45) is 0 Å². The monoisotopic (exact) mass is 374 g/mol. The summed E-state index contributed by atoms with van der Waals surface area (Å²) in [5, 5.41) is 3.53. The van der Waals surface area contributed by atoms with E-state index in [0.717, 1.165) is 18.8 Å². The third kappa shape index (κ3) is 8.11. The van der Waals surface area contributed by atoms with E-state index in [2.05, 4.69) is 31.3 Å². The average Bonchev–Trinajstić information content (AvgIpc) is 2.66. The summed E-state index contributed by atoms with van der Waals surface area (Å²) in [6, 6.07) is 0.261. The molecule has 2 aliphatic heterocycles. The molecule has 1 amide bonds. The van der Waals surface area contributed by atoms with Crippen LogP contribution in [-0.4, -0.2) is 23.4 Å². The molecule has 0 radical (unpaired) electrons. The van der Waals surface area contributed by atoms with Gasteiger partial charge in [-0.25, -0.2) is 0 Å². The molecule has 1 saturated heterocycles. The van der Waals surface area contributed by atoms with E-state index in [1.165, 1.54) is 89.0 Å². The van der Waals surface area contributed by atoms with Gasteiger partial charge >= 0.3 is 0 Å². The van der Waals surface area contributed by atoms with E-state index in [-0.39, 0.29) is 11.9 Å². The van der Waals surface area contributed by atoms with Gasteiger partial charge in [-0.3, -0.25) is 9.69 Å². The lowest BCUT2D eigenvalue weighted by Gasteiger charge is -2.37. The van der Waals surface area contributed by atoms with E-state index >= 15 is 0 Å². The first-order valence-electron chi connectivity index (χ1n) is 11.7. The molecule has 0 aliphatic carbocycles. The van der Waals surface area contributed by atoms with Crippen molar-refractivity contribution in [2.45, 2.75) is 116 Å². The van der Waals surface area contributed by atoms with Gasteiger partial charge in [0.2, 0.25) is 5.91 Å². The second kappa shape index (κ2) is 13.0. The molecule has 1 atom stereocenters. The van der Waals surface area contributed by atoms with Crippen LogP contribution >= 0.6 is 0 Å². The van der Waals surface area contributed by atoms with Gasteiger partial charge in [-0.2, -0.15) is 0 Å². The van der Waals surface area contributed by atoms with Gasteiger partial charge in [0.05, 0.1) is 0 Å². The minimum atomic E-state index is 0.261. The zero-order chi connectivity index (χ0) is 19.3. The zero-order valence-electron chi connectivity index (χ0n) is 17.9. The Hall–Kier alpha value is -1.25.